The number of carbonyl (C=O) groups is 2. The molecule has 8 nitrogen and oxygen atoms in total. The van der Waals surface area contributed by atoms with E-state index in [0.717, 1.165) is 271 Å². The van der Waals surface area contributed by atoms with Crippen molar-refractivity contribution in [1.82, 2.24) is 0 Å². The van der Waals surface area contributed by atoms with Crippen LogP contribution in [-0.2, 0) is 31.9 Å². The molecule has 0 heterocycles. The van der Waals surface area contributed by atoms with Crippen LogP contribution in [0.2, 0.25) is 0 Å². The average Bonchev–Trinajstić information content (AvgIpc) is 1.62. The lowest BCUT2D eigenvalue weighted by atomic mass is 9.83. The van der Waals surface area contributed by atoms with E-state index in [-0.39, 0.29) is 46.8 Å². The number of esters is 2. The van der Waals surface area contributed by atoms with Gasteiger partial charge in [0.05, 0.1) is 51.5 Å². The van der Waals surface area contributed by atoms with Gasteiger partial charge >= 0.3 is 11.9 Å². The third-order valence-corrected chi connectivity index (χ3v) is 21.0. The van der Waals surface area contributed by atoms with Gasteiger partial charge in [-0.3, -0.25) is 9.59 Å². The maximum atomic E-state index is 15.1. The molecule has 2 bridgehead atoms. The first-order valence-corrected chi connectivity index (χ1v) is 42.5. The monoisotopic (exact) mass is 1510 g/mol. The van der Waals surface area contributed by atoms with E-state index in [9.17, 15) is 9.59 Å². The van der Waals surface area contributed by atoms with Gasteiger partial charge in [0.15, 0.2) is 46.3 Å². The van der Waals surface area contributed by atoms with Crippen molar-refractivity contribution in [2.75, 3.05) is 39.6 Å². The number of carbonyl (C=O) groups excluding carboxylic acids is 2. The molecule has 1 saturated carbocycles. The molecule has 0 aromatic heterocycles. The van der Waals surface area contributed by atoms with E-state index in [1.165, 1.54) is 24.3 Å². The second-order valence-electron chi connectivity index (χ2n) is 30.2. The molecule has 0 N–H and O–H groups in total. The quantitative estimate of drug-likeness (QED) is 0.0123. The van der Waals surface area contributed by atoms with Crippen molar-refractivity contribution in [3.63, 3.8) is 0 Å². The summed E-state index contributed by atoms with van der Waals surface area (Å²) in [5.74, 6) is 23.5. The Morgan fingerprint density at radius 3 is 0.829 bits per heavy atom. The Morgan fingerprint density at radius 2 is 0.541 bits per heavy atom. The molecule has 6 aromatic carbocycles. The van der Waals surface area contributed by atoms with Crippen LogP contribution in [0, 0.1) is 94.3 Å². The number of allylic oxidation sites excluding steroid dienone is 2. The Balaban J connectivity index is 0.701. The fourth-order valence-corrected chi connectivity index (χ4v) is 14.5. The summed E-state index contributed by atoms with van der Waals surface area (Å²) in [4.78, 5) is 27.2. The van der Waals surface area contributed by atoms with E-state index in [1.54, 1.807) is 48.5 Å². The van der Waals surface area contributed by atoms with E-state index in [4.69, 9.17) is 28.4 Å². The lowest BCUT2D eigenvalue weighted by Gasteiger charge is -2.25. The minimum absolute atomic E-state index is 0.00943. The van der Waals surface area contributed by atoms with E-state index < -0.39 is 35.1 Å². The fourth-order valence-electron chi connectivity index (χ4n) is 14.5. The number of fused-ring (bicyclic) bond motifs is 2. The van der Waals surface area contributed by atoms with E-state index in [2.05, 4.69) is 99.3 Å². The van der Waals surface area contributed by atoms with Gasteiger partial charge in [0.25, 0.3) is 0 Å². The third-order valence-electron chi connectivity index (χ3n) is 21.0. The molecule has 0 radical (unpaired) electrons. The van der Waals surface area contributed by atoms with Gasteiger partial charge in [-0.05, 0) is 203 Å². The average molecular weight is 1520 g/mol. The molecule has 0 amide bonds. The van der Waals surface area contributed by atoms with Crippen molar-refractivity contribution >= 4 is 11.9 Å². The van der Waals surface area contributed by atoms with Crippen molar-refractivity contribution in [1.29, 1.82) is 0 Å². The molecule has 6 aromatic rings. The summed E-state index contributed by atoms with van der Waals surface area (Å²) < 4.78 is 94.8. The molecular weight excluding hydrogens is 1390 g/mol. The van der Waals surface area contributed by atoms with Crippen molar-refractivity contribution in [3.05, 3.63) is 200 Å². The van der Waals surface area contributed by atoms with Crippen LogP contribution >= 0.6 is 0 Å². The Bertz CT molecular complexity index is 3850. The first kappa shape index (κ1) is 87.7. The zero-order valence-electron chi connectivity index (χ0n) is 67.0. The largest absolute Gasteiger partial charge is 0.491 e. The van der Waals surface area contributed by atoms with E-state index in [0.29, 0.717) is 61.9 Å². The lowest BCUT2D eigenvalue weighted by molar-refractivity contribution is -0.161. The summed E-state index contributed by atoms with van der Waals surface area (Å²) in [7, 11) is 0. The summed E-state index contributed by atoms with van der Waals surface area (Å²) in [5.41, 5.74) is 7.77. The van der Waals surface area contributed by atoms with Crippen LogP contribution in [0.3, 0.4) is 0 Å². The molecule has 0 saturated heterocycles. The SMILES string of the molecule is CCCCCCOc1ccc(C#Cc2ccc(C#Cc3ccc(OCCCCCC)c(F)c3)c(CCCCCCCCCCCOC(=O)[C@@H]3C4C=CC(C4)[C@H]3C(=O)OCCCCCCCCCCCc3cc(C#Cc4ccc(OCCCCCC)c(F)c4)ccc3C#Cc3ccc(OCCCCCC)c(F)c3)c2)cc1F. The number of aryl methyl sites for hydroxylation is 2. The van der Waals surface area contributed by atoms with Crippen LogP contribution in [-0.4, -0.2) is 51.6 Å². The second-order valence-corrected chi connectivity index (χ2v) is 30.2. The highest BCUT2D eigenvalue weighted by Crippen LogP contribution is 2.49. The molecule has 8 rings (SSSR count). The number of hydrogen-bond acceptors (Lipinski definition) is 8. The molecule has 4 atom stereocenters. The molecule has 12 heteroatoms. The number of hydrogen-bond donors (Lipinski definition) is 0. The standard InChI is InChI=1S/C99H122F4O8/c1-5-9-13-33-63-106-92-59-49-78(71-88(92)100)43-41-76-45-53-82(55-47-80-51-61-94(90(102)73-80)108-65-35-15-11-7-3)84(69-76)39-31-27-23-19-17-21-25-29-37-67-110-98(104)96-86-57-58-87(75-86)97(96)99(105)111-68-38-30-26-22-18-20-24-28-32-40-85-70-77(42-44-79-50-60-93(89(101)72-79)107-64-34-14-10-6-2)46-54-83(85)56-48-81-52-62-95(91(103)74-81)109-66-36-16-12-8-4/h45-46,49-54,57-62,69-74,86-87,96-97H,5-40,63-68,75H2,1-4H3/t86?,87?,96-,97-/m1/s1. The summed E-state index contributed by atoms with van der Waals surface area (Å²) in [5, 5.41) is 0. The van der Waals surface area contributed by atoms with Gasteiger partial charge in [-0.2, -0.15) is 0 Å². The van der Waals surface area contributed by atoms with Gasteiger partial charge in [-0.1, -0.05) is 254 Å². The Labute approximate surface area is 663 Å². The number of halogens is 4. The van der Waals surface area contributed by atoms with Crippen molar-refractivity contribution in [3.8, 4) is 70.4 Å². The van der Waals surface area contributed by atoms with Crippen LogP contribution in [0.15, 0.2) is 121 Å². The molecule has 2 unspecified atom stereocenters. The topological polar surface area (TPSA) is 89.5 Å². The van der Waals surface area contributed by atoms with Crippen LogP contribution in [0.25, 0.3) is 0 Å². The van der Waals surface area contributed by atoms with Crippen molar-refractivity contribution in [2.45, 2.75) is 265 Å². The minimum Gasteiger partial charge on any atom is -0.491 e. The number of ether oxygens (including phenoxy) is 6. The number of unbranched alkanes of at least 4 members (excludes halogenated alkanes) is 28. The summed E-state index contributed by atoms with van der Waals surface area (Å²) in [6, 6.07) is 31.5. The van der Waals surface area contributed by atoms with Crippen molar-refractivity contribution < 1.29 is 55.6 Å². The zero-order chi connectivity index (χ0) is 78.3. The zero-order valence-corrected chi connectivity index (χ0v) is 67.0. The highest BCUT2D eigenvalue weighted by molar-refractivity contribution is 5.84. The van der Waals surface area contributed by atoms with E-state index in [1.807, 2.05) is 24.3 Å². The normalized spacial score (nSPS) is 14.5. The summed E-state index contributed by atoms with van der Waals surface area (Å²) >= 11 is 0. The first-order chi connectivity index (χ1) is 54.4. The number of rotatable bonds is 50. The van der Waals surface area contributed by atoms with Crippen LogP contribution in [0.5, 0.6) is 23.0 Å². The second kappa shape index (κ2) is 51.7. The molecular formula is C99H122F4O8. The molecule has 0 aliphatic heterocycles. The third kappa shape index (κ3) is 32.1. The molecule has 1 fully saturated rings. The highest BCUT2D eigenvalue weighted by atomic mass is 19.1. The highest BCUT2D eigenvalue weighted by Gasteiger charge is 2.53. The fraction of sp³-hybridized carbons (Fsp3) is 0.515. The smallest absolute Gasteiger partial charge is 0.310 e. The molecule has 594 valence electrons. The maximum Gasteiger partial charge on any atom is 0.310 e. The predicted molar refractivity (Wildman–Crippen MR) is 441 cm³/mol. The van der Waals surface area contributed by atoms with Gasteiger partial charge in [-0.25, -0.2) is 17.6 Å². The van der Waals surface area contributed by atoms with Gasteiger partial charge in [0.1, 0.15) is 0 Å². The summed E-state index contributed by atoms with van der Waals surface area (Å²) in [6.45, 7) is 11.3. The van der Waals surface area contributed by atoms with Gasteiger partial charge < -0.3 is 28.4 Å². The minimum atomic E-state index is -0.491. The van der Waals surface area contributed by atoms with Crippen molar-refractivity contribution in [2.24, 2.45) is 23.7 Å². The van der Waals surface area contributed by atoms with Gasteiger partial charge in [0, 0.05) is 44.5 Å². The van der Waals surface area contributed by atoms with Crippen LogP contribution in [0.4, 0.5) is 17.6 Å². The van der Waals surface area contributed by atoms with Gasteiger partial charge in [-0.15, -0.1) is 0 Å². The molecule has 2 aliphatic rings. The molecule has 2 aliphatic carbocycles. The van der Waals surface area contributed by atoms with Gasteiger partial charge in [0.2, 0.25) is 0 Å². The lowest BCUT2D eigenvalue weighted by Crippen LogP contribution is -2.35. The number of benzene rings is 6. The Hall–Kier alpha value is -8.84. The van der Waals surface area contributed by atoms with Crippen LogP contribution < -0.4 is 18.9 Å². The van der Waals surface area contributed by atoms with E-state index >= 15 is 17.6 Å². The maximum absolute atomic E-state index is 15.1. The Morgan fingerprint density at radius 1 is 0.297 bits per heavy atom. The molecule has 0 spiro atoms. The first-order valence-electron chi connectivity index (χ1n) is 42.5. The predicted octanol–water partition coefficient (Wildman–Crippen LogP) is 25.0. The Kier molecular flexibility index (Phi) is 40.8. The molecule has 111 heavy (non-hydrogen) atoms. The van der Waals surface area contributed by atoms with Crippen LogP contribution in [0.1, 0.15) is 308 Å². The summed E-state index contributed by atoms with van der Waals surface area (Å²) in [6.07, 6.45) is 42.1.